The number of benzene rings is 1. The number of aromatic amines is 1. The van der Waals surface area contributed by atoms with E-state index in [9.17, 15) is 0 Å². The van der Waals surface area contributed by atoms with Crippen molar-refractivity contribution < 1.29 is 0 Å². The highest BCUT2D eigenvalue weighted by molar-refractivity contribution is 5.58. The summed E-state index contributed by atoms with van der Waals surface area (Å²) in [5, 5.41) is 10.3. The molecule has 0 fully saturated rings. The number of hydrogen-bond acceptors (Lipinski definition) is 2. The van der Waals surface area contributed by atoms with Crippen molar-refractivity contribution in [3.05, 3.63) is 59.5 Å². The van der Waals surface area contributed by atoms with Gasteiger partial charge in [0.2, 0.25) is 0 Å². The zero-order valence-corrected chi connectivity index (χ0v) is 8.14. The largest absolute Gasteiger partial charge is 0.379 e. The fraction of sp³-hybridized carbons (Fsp3) is 0.0833. The molecule has 0 radical (unpaired) electrons. The molecule has 3 nitrogen and oxygen atoms in total. The molecule has 3 rings (SSSR count). The average Bonchev–Trinajstić information content (AvgIpc) is 2.82. The van der Waals surface area contributed by atoms with Crippen LogP contribution in [0.1, 0.15) is 22.9 Å². The van der Waals surface area contributed by atoms with E-state index in [-0.39, 0.29) is 6.04 Å². The van der Waals surface area contributed by atoms with Gasteiger partial charge in [0.05, 0.1) is 11.7 Å². The van der Waals surface area contributed by atoms with E-state index < -0.39 is 0 Å². The number of aromatic nitrogens is 2. The lowest BCUT2D eigenvalue weighted by Crippen LogP contribution is -2.20. The molecule has 1 aliphatic rings. The predicted molar refractivity (Wildman–Crippen MR) is 59.0 cm³/mol. The Morgan fingerprint density at radius 2 is 2.07 bits per heavy atom. The quantitative estimate of drug-likeness (QED) is 0.734. The summed E-state index contributed by atoms with van der Waals surface area (Å²) in [5.41, 5.74) is 3.63. The maximum atomic E-state index is 3.98. The molecule has 1 aromatic heterocycles. The Hall–Kier alpha value is -2.03. The summed E-state index contributed by atoms with van der Waals surface area (Å²) in [6, 6.07) is 10.6. The van der Waals surface area contributed by atoms with Crippen LogP contribution < -0.4 is 5.32 Å². The third-order valence-electron chi connectivity index (χ3n) is 2.67. The molecule has 1 aliphatic heterocycles. The van der Waals surface area contributed by atoms with Crippen molar-refractivity contribution in [2.45, 2.75) is 6.04 Å². The maximum absolute atomic E-state index is 3.98. The number of hydrogen-bond donors (Lipinski definition) is 2. The molecule has 0 amide bonds. The average molecular weight is 197 g/mol. The van der Waals surface area contributed by atoms with Gasteiger partial charge in [0.25, 0.3) is 0 Å². The van der Waals surface area contributed by atoms with Crippen LogP contribution >= 0.6 is 0 Å². The molecule has 1 atom stereocenters. The first-order valence-electron chi connectivity index (χ1n) is 4.96. The van der Waals surface area contributed by atoms with Gasteiger partial charge in [-0.1, -0.05) is 24.3 Å². The predicted octanol–water partition coefficient (Wildman–Crippen LogP) is 2.07. The Bertz CT molecular complexity index is 485. The van der Waals surface area contributed by atoms with Gasteiger partial charge in [-0.25, -0.2) is 0 Å². The lowest BCUT2D eigenvalue weighted by atomic mass is 9.96. The van der Waals surface area contributed by atoms with Gasteiger partial charge in [-0.15, -0.1) is 0 Å². The fourth-order valence-electron chi connectivity index (χ4n) is 1.93. The molecule has 15 heavy (non-hydrogen) atoms. The molecule has 0 aliphatic carbocycles. The molecule has 1 unspecified atom stereocenters. The highest BCUT2D eigenvalue weighted by Crippen LogP contribution is 2.27. The van der Waals surface area contributed by atoms with Gasteiger partial charge in [0, 0.05) is 6.20 Å². The molecule has 0 spiro atoms. The summed E-state index contributed by atoms with van der Waals surface area (Å²) in [5.74, 6) is 0. The molecule has 2 heterocycles. The second-order valence-corrected chi connectivity index (χ2v) is 3.57. The number of nitrogens with zero attached hydrogens (tertiary/aromatic N) is 1. The minimum Gasteiger partial charge on any atom is -0.379 e. The van der Waals surface area contributed by atoms with E-state index in [0.717, 1.165) is 5.69 Å². The SMILES string of the molecule is C1=Cc2ccccc2C(c2ccn[nH]2)N1. The van der Waals surface area contributed by atoms with Crippen LogP contribution in [0.25, 0.3) is 6.08 Å². The first-order valence-corrected chi connectivity index (χ1v) is 4.96. The van der Waals surface area contributed by atoms with E-state index in [1.165, 1.54) is 11.1 Å². The van der Waals surface area contributed by atoms with Crippen molar-refractivity contribution in [2.24, 2.45) is 0 Å². The molecule has 3 heteroatoms. The zero-order chi connectivity index (χ0) is 10.1. The number of H-pyrrole nitrogens is 1. The first kappa shape index (κ1) is 8.29. The van der Waals surface area contributed by atoms with Crippen molar-refractivity contribution in [1.82, 2.24) is 15.5 Å². The Morgan fingerprint density at radius 1 is 1.13 bits per heavy atom. The molecule has 1 aromatic carbocycles. The van der Waals surface area contributed by atoms with Gasteiger partial charge in [-0.2, -0.15) is 5.10 Å². The number of nitrogens with one attached hydrogen (secondary N) is 2. The summed E-state index contributed by atoms with van der Waals surface area (Å²) in [4.78, 5) is 0. The van der Waals surface area contributed by atoms with Crippen molar-refractivity contribution >= 4 is 6.08 Å². The van der Waals surface area contributed by atoms with Crippen molar-refractivity contribution in [3.8, 4) is 0 Å². The normalized spacial score (nSPS) is 18.3. The van der Waals surface area contributed by atoms with Gasteiger partial charge in [-0.3, -0.25) is 5.10 Å². The summed E-state index contributed by atoms with van der Waals surface area (Å²) >= 11 is 0. The summed E-state index contributed by atoms with van der Waals surface area (Å²) in [6.07, 6.45) is 5.84. The topological polar surface area (TPSA) is 40.7 Å². The second kappa shape index (κ2) is 3.28. The van der Waals surface area contributed by atoms with Crippen LogP contribution in [-0.4, -0.2) is 10.2 Å². The Kier molecular flexibility index (Phi) is 1.81. The van der Waals surface area contributed by atoms with Crippen LogP contribution in [-0.2, 0) is 0 Å². The minimum absolute atomic E-state index is 0.189. The Morgan fingerprint density at radius 3 is 2.93 bits per heavy atom. The van der Waals surface area contributed by atoms with Crippen LogP contribution in [0.4, 0.5) is 0 Å². The van der Waals surface area contributed by atoms with E-state index in [1.54, 1.807) is 6.20 Å². The third kappa shape index (κ3) is 1.32. The monoisotopic (exact) mass is 197 g/mol. The molecule has 2 N–H and O–H groups in total. The number of fused-ring (bicyclic) bond motifs is 1. The molecular formula is C12H11N3. The number of rotatable bonds is 1. The fourth-order valence-corrected chi connectivity index (χ4v) is 1.93. The van der Waals surface area contributed by atoms with E-state index in [1.807, 2.05) is 12.3 Å². The van der Waals surface area contributed by atoms with Gasteiger partial charge in [0.15, 0.2) is 0 Å². The Balaban J connectivity index is 2.10. The van der Waals surface area contributed by atoms with Crippen molar-refractivity contribution in [3.63, 3.8) is 0 Å². The molecule has 74 valence electrons. The standard InChI is InChI=1S/C12H11N3/c1-2-4-10-9(3-1)5-7-13-12(10)11-6-8-14-15-11/h1-8,12-13H,(H,14,15). The molecular weight excluding hydrogens is 186 g/mol. The zero-order valence-electron chi connectivity index (χ0n) is 8.14. The highest BCUT2D eigenvalue weighted by atomic mass is 15.1. The van der Waals surface area contributed by atoms with Crippen LogP contribution in [0.3, 0.4) is 0 Å². The van der Waals surface area contributed by atoms with E-state index in [4.69, 9.17) is 0 Å². The van der Waals surface area contributed by atoms with E-state index in [2.05, 4.69) is 45.9 Å². The van der Waals surface area contributed by atoms with Gasteiger partial charge < -0.3 is 5.32 Å². The summed E-state index contributed by atoms with van der Waals surface area (Å²) in [6.45, 7) is 0. The van der Waals surface area contributed by atoms with Crippen molar-refractivity contribution in [1.29, 1.82) is 0 Å². The van der Waals surface area contributed by atoms with Crippen molar-refractivity contribution in [2.75, 3.05) is 0 Å². The summed E-state index contributed by atoms with van der Waals surface area (Å²) in [7, 11) is 0. The third-order valence-corrected chi connectivity index (χ3v) is 2.67. The van der Waals surface area contributed by atoms with E-state index >= 15 is 0 Å². The van der Waals surface area contributed by atoms with Crippen LogP contribution in [0, 0.1) is 0 Å². The lowest BCUT2D eigenvalue weighted by Gasteiger charge is -2.22. The molecule has 0 saturated carbocycles. The van der Waals surface area contributed by atoms with Gasteiger partial charge in [0.1, 0.15) is 0 Å². The Labute approximate surface area is 87.8 Å². The second-order valence-electron chi connectivity index (χ2n) is 3.57. The molecule has 0 saturated heterocycles. The van der Waals surface area contributed by atoms with Gasteiger partial charge in [-0.05, 0) is 29.5 Å². The lowest BCUT2D eigenvalue weighted by molar-refractivity contribution is 0.693. The molecule has 2 aromatic rings. The smallest absolute Gasteiger partial charge is 0.0935 e. The molecule has 0 bridgehead atoms. The first-order chi connectivity index (χ1) is 7.45. The summed E-state index contributed by atoms with van der Waals surface area (Å²) < 4.78 is 0. The van der Waals surface area contributed by atoms with Crippen LogP contribution in [0.15, 0.2) is 42.7 Å². The van der Waals surface area contributed by atoms with Crippen LogP contribution in [0.5, 0.6) is 0 Å². The van der Waals surface area contributed by atoms with Crippen LogP contribution in [0.2, 0.25) is 0 Å². The van der Waals surface area contributed by atoms with E-state index in [0.29, 0.717) is 0 Å². The minimum atomic E-state index is 0.189. The van der Waals surface area contributed by atoms with Gasteiger partial charge >= 0.3 is 0 Å². The highest BCUT2D eigenvalue weighted by Gasteiger charge is 2.18. The maximum Gasteiger partial charge on any atom is 0.0935 e.